The normalized spacial score (nSPS) is 37.8. The molecule has 0 bridgehead atoms. The van der Waals surface area contributed by atoms with Crippen molar-refractivity contribution in [2.45, 2.75) is 106 Å². The van der Waals surface area contributed by atoms with Crippen LogP contribution < -0.4 is 0 Å². The lowest BCUT2D eigenvalue weighted by Gasteiger charge is -2.48. The van der Waals surface area contributed by atoms with E-state index in [1.54, 1.807) is 0 Å². The van der Waals surface area contributed by atoms with Crippen molar-refractivity contribution in [2.75, 3.05) is 0 Å². The van der Waals surface area contributed by atoms with E-state index in [-0.39, 0.29) is 10.8 Å². The van der Waals surface area contributed by atoms with Crippen molar-refractivity contribution in [3.63, 3.8) is 0 Å². The van der Waals surface area contributed by atoms with Crippen molar-refractivity contribution in [3.8, 4) is 0 Å². The van der Waals surface area contributed by atoms with Crippen LogP contribution in [-0.2, 0) is 4.79 Å². The molecule has 2 fully saturated rings. The van der Waals surface area contributed by atoms with Gasteiger partial charge >= 0.3 is 0 Å². The Bertz CT molecular complexity index is 386. The third kappa shape index (κ3) is 4.44. The number of Topliss-reactive ketones (excluding diaryl/α,β-unsaturated/α-hetero) is 1. The van der Waals surface area contributed by atoms with Crippen LogP contribution in [0.5, 0.6) is 0 Å². The van der Waals surface area contributed by atoms with Gasteiger partial charge in [0.15, 0.2) is 0 Å². The van der Waals surface area contributed by atoms with E-state index in [1.807, 2.05) is 0 Å². The molecule has 0 aromatic carbocycles. The van der Waals surface area contributed by atoms with Gasteiger partial charge in [0.1, 0.15) is 5.78 Å². The van der Waals surface area contributed by atoms with Crippen LogP contribution in [0.2, 0.25) is 0 Å². The Hall–Kier alpha value is -0.330. The molecule has 1 nitrogen and oxygen atoms in total. The van der Waals surface area contributed by atoms with Gasteiger partial charge in [0.05, 0.1) is 0 Å². The van der Waals surface area contributed by atoms with Gasteiger partial charge in [0.2, 0.25) is 0 Å². The summed E-state index contributed by atoms with van der Waals surface area (Å²) in [7, 11) is 0. The molecule has 0 amide bonds. The lowest BCUT2D eigenvalue weighted by Crippen LogP contribution is -2.46. The molecule has 0 radical (unpaired) electrons. The fraction of sp³-hybridized carbons (Fsp3) is 0.957. The second kappa shape index (κ2) is 7.92. The summed E-state index contributed by atoms with van der Waals surface area (Å²) in [4.78, 5) is 13.7. The van der Waals surface area contributed by atoms with Crippen molar-refractivity contribution in [3.05, 3.63) is 0 Å². The van der Waals surface area contributed by atoms with Crippen LogP contribution in [0.25, 0.3) is 0 Å². The van der Waals surface area contributed by atoms with Crippen LogP contribution in [0.4, 0.5) is 0 Å². The van der Waals surface area contributed by atoms with Gasteiger partial charge in [-0.3, -0.25) is 4.79 Å². The maximum absolute atomic E-state index is 13.7. The van der Waals surface area contributed by atoms with Crippen LogP contribution in [0, 0.1) is 34.5 Å². The number of carbonyl (C=O) groups is 1. The molecule has 0 heterocycles. The molecule has 0 saturated heterocycles. The lowest BCUT2D eigenvalue weighted by molar-refractivity contribution is -0.140. The molecule has 0 N–H and O–H groups in total. The number of ketones is 1. The van der Waals surface area contributed by atoms with Gasteiger partial charge < -0.3 is 0 Å². The molecule has 2 aliphatic carbocycles. The van der Waals surface area contributed by atoms with Gasteiger partial charge in [-0.05, 0) is 61.2 Å². The summed E-state index contributed by atoms with van der Waals surface area (Å²) in [5.41, 5.74) is 0.499. The van der Waals surface area contributed by atoms with Crippen molar-refractivity contribution in [2.24, 2.45) is 34.5 Å². The molecule has 2 saturated carbocycles. The summed E-state index contributed by atoms with van der Waals surface area (Å²) in [6.07, 6.45) is 12.4. The van der Waals surface area contributed by atoms with Crippen molar-refractivity contribution < 1.29 is 4.79 Å². The first-order valence-corrected chi connectivity index (χ1v) is 10.7. The minimum absolute atomic E-state index is 0.250. The number of hydrogen-bond acceptors (Lipinski definition) is 1. The molecule has 0 spiro atoms. The molecule has 2 rings (SSSR count). The van der Waals surface area contributed by atoms with Crippen molar-refractivity contribution >= 4 is 5.78 Å². The van der Waals surface area contributed by atoms with Crippen LogP contribution in [0.3, 0.4) is 0 Å². The second-order valence-electron chi connectivity index (χ2n) is 10.5. The number of rotatable bonds is 6. The summed E-state index contributed by atoms with van der Waals surface area (Å²) >= 11 is 0. The molecule has 4 unspecified atom stereocenters. The molecular formula is C23H42O. The molecule has 24 heavy (non-hydrogen) atoms. The van der Waals surface area contributed by atoms with Crippen LogP contribution in [0.1, 0.15) is 106 Å². The highest BCUT2D eigenvalue weighted by atomic mass is 16.1. The standard InChI is InChI=1S/C23H42O/c1-17(2)15-22(5)13-9-7-11-19(22)21(24)20-12-8-10-14-23(20,6)16-18(3)4/h17-20H,7-16H2,1-6H3. The quantitative estimate of drug-likeness (QED) is 0.509. The van der Waals surface area contributed by atoms with E-state index in [0.717, 1.165) is 12.8 Å². The minimum Gasteiger partial charge on any atom is -0.299 e. The predicted octanol–water partition coefficient (Wildman–Crippen LogP) is 7.04. The first kappa shape index (κ1) is 20.0. The first-order valence-electron chi connectivity index (χ1n) is 10.7. The van der Waals surface area contributed by atoms with Crippen molar-refractivity contribution in [1.82, 2.24) is 0 Å². The molecule has 4 atom stereocenters. The highest BCUT2D eigenvalue weighted by Crippen LogP contribution is 2.52. The summed E-state index contributed by atoms with van der Waals surface area (Å²) in [5.74, 6) is 2.68. The van der Waals surface area contributed by atoms with E-state index in [0.29, 0.717) is 29.5 Å². The molecule has 1 heteroatoms. The van der Waals surface area contributed by atoms with E-state index >= 15 is 0 Å². The Morgan fingerprint density at radius 3 is 1.50 bits per heavy atom. The van der Waals surface area contributed by atoms with Gasteiger partial charge in [-0.25, -0.2) is 0 Å². The smallest absolute Gasteiger partial charge is 0.140 e. The Balaban J connectivity index is 2.22. The minimum atomic E-state index is 0.250. The Labute approximate surface area is 151 Å². The Kier molecular flexibility index (Phi) is 6.59. The van der Waals surface area contributed by atoms with Crippen LogP contribution >= 0.6 is 0 Å². The lowest BCUT2D eigenvalue weighted by atomic mass is 9.55. The molecule has 0 aromatic rings. The molecular weight excluding hydrogens is 292 g/mol. The monoisotopic (exact) mass is 334 g/mol. The van der Waals surface area contributed by atoms with Crippen LogP contribution in [0.15, 0.2) is 0 Å². The summed E-state index contributed by atoms with van der Waals surface area (Å²) < 4.78 is 0. The van der Waals surface area contributed by atoms with E-state index in [4.69, 9.17) is 0 Å². The van der Waals surface area contributed by atoms with E-state index in [9.17, 15) is 4.79 Å². The first-order chi connectivity index (χ1) is 11.2. The second-order valence-corrected chi connectivity index (χ2v) is 10.5. The van der Waals surface area contributed by atoms with Gasteiger partial charge in [0.25, 0.3) is 0 Å². The molecule has 140 valence electrons. The zero-order chi connectivity index (χ0) is 18.0. The van der Waals surface area contributed by atoms with E-state index in [2.05, 4.69) is 41.5 Å². The summed E-state index contributed by atoms with van der Waals surface area (Å²) in [5, 5.41) is 0. The Morgan fingerprint density at radius 2 is 1.17 bits per heavy atom. The van der Waals surface area contributed by atoms with Crippen molar-refractivity contribution in [1.29, 1.82) is 0 Å². The maximum atomic E-state index is 13.7. The zero-order valence-electron chi connectivity index (χ0n) is 17.3. The predicted molar refractivity (Wildman–Crippen MR) is 104 cm³/mol. The third-order valence-electron chi connectivity index (χ3n) is 7.10. The topological polar surface area (TPSA) is 17.1 Å². The average molecular weight is 335 g/mol. The highest BCUT2D eigenvalue weighted by Gasteiger charge is 2.48. The average Bonchev–Trinajstić information content (AvgIpc) is 2.45. The molecule has 0 aliphatic heterocycles. The summed E-state index contributed by atoms with van der Waals surface area (Å²) in [6.45, 7) is 14.2. The van der Waals surface area contributed by atoms with Gasteiger partial charge in [0, 0.05) is 11.8 Å². The number of carbonyl (C=O) groups excluding carboxylic acids is 1. The fourth-order valence-electron chi connectivity index (χ4n) is 6.37. The SMILES string of the molecule is CC(C)CC1(C)CCCCC1C(=O)C1CCCCC1(C)CC(C)C. The number of hydrogen-bond donors (Lipinski definition) is 0. The van der Waals surface area contributed by atoms with Gasteiger partial charge in [-0.1, -0.05) is 67.2 Å². The Morgan fingerprint density at radius 1 is 0.792 bits per heavy atom. The highest BCUT2D eigenvalue weighted by molar-refractivity contribution is 5.85. The van der Waals surface area contributed by atoms with Gasteiger partial charge in [-0.15, -0.1) is 0 Å². The largest absolute Gasteiger partial charge is 0.299 e. The maximum Gasteiger partial charge on any atom is 0.140 e. The summed E-state index contributed by atoms with van der Waals surface area (Å²) in [6, 6.07) is 0. The van der Waals surface area contributed by atoms with E-state index in [1.165, 1.54) is 51.4 Å². The zero-order valence-corrected chi connectivity index (χ0v) is 17.3. The fourth-order valence-corrected chi connectivity index (χ4v) is 6.37. The van der Waals surface area contributed by atoms with Crippen LogP contribution in [-0.4, -0.2) is 5.78 Å². The van der Waals surface area contributed by atoms with Gasteiger partial charge in [-0.2, -0.15) is 0 Å². The molecule has 2 aliphatic rings. The molecule has 0 aromatic heterocycles. The third-order valence-corrected chi connectivity index (χ3v) is 7.10. The van der Waals surface area contributed by atoms with E-state index < -0.39 is 0 Å².